The highest BCUT2D eigenvalue weighted by Gasteiger charge is 2.57. The van der Waals surface area contributed by atoms with E-state index in [4.69, 9.17) is 0 Å². The third-order valence-electron chi connectivity index (χ3n) is 8.16. The maximum atomic E-state index is 13.4. The second kappa shape index (κ2) is 9.12. The van der Waals surface area contributed by atoms with E-state index in [1.165, 1.54) is 0 Å². The van der Waals surface area contributed by atoms with Crippen molar-refractivity contribution in [3.8, 4) is 22.8 Å². The van der Waals surface area contributed by atoms with Crippen LogP contribution < -0.4 is 5.32 Å². The fraction of sp³-hybridized carbons (Fsp3) is 0.156. The van der Waals surface area contributed by atoms with Gasteiger partial charge in [-0.05, 0) is 48.5 Å². The number of pyridine rings is 2. The summed E-state index contributed by atoms with van der Waals surface area (Å²) in [6.45, 7) is 1.25. The van der Waals surface area contributed by atoms with Crippen molar-refractivity contribution in [1.82, 2.24) is 34.6 Å². The standard InChI is InChI=1S/C32H25N7O2/c40-31(26-12-6-11-25(33-26)30-35-23-9-1-2-10-24(23)36-30)37-29-21-16-39(17-22(21)29)32(41)20-8-5-7-19(15-20)27-18-38-14-4-3-13-28(38)34-27/h1-15,18,21-22,29H,16-17H2,(H,35,36)(H,37,40). The van der Waals surface area contributed by atoms with Crippen molar-refractivity contribution in [3.63, 3.8) is 0 Å². The Morgan fingerprint density at radius 3 is 2.51 bits per heavy atom. The van der Waals surface area contributed by atoms with E-state index in [0.717, 1.165) is 27.9 Å². The van der Waals surface area contributed by atoms with Crippen molar-refractivity contribution in [2.24, 2.45) is 11.8 Å². The lowest BCUT2D eigenvalue weighted by Crippen LogP contribution is -2.37. The molecule has 2 unspecified atom stereocenters. The number of benzene rings is 2. The van der Waals surface area contributed by atoms with Crippen LogP contribution in [0.2, 0.25) is 0 Å². The molecular formula is C32H25N7O2. The Balaban J connectivity index is 0.921. The van der Waals surface area contributed by atoms with Gasteiger partial charge in [0.05, 0.1) is 16.7 Å². The number of hydrogen-bond donors (Lipinski definition) is 2. The van der Waals surface area contributed by atoms with Crippen molar-refractivity contribution >= 4 is 28.5 Å². The van der Waals surface area contributed by atoms with Gasteiger partial charge in [-0.2, -0.15) is 0 Å². The lowest BCUT2D eigenvalue weighted by atomic mass is 10.1. The second-order valence-corrected chi connectivity index (χ2v) is 10.7. The molecule has 2 N–H and O–H groups in total. The molecule has 0 radical (unpaired) electrons. The van der Waals surface area contributed by atoms with Gasteiger partial charge in [0.1, 0.15) is 17.0 Å². The van der Waals surface area contributed by atoms with Crippen LogP contribution in [-0.4, -0.2) is 60.2 Å². The molecule has 2 atom stereocenters. The normalized spacial score (nSPS) is 19.4. The van der Waals surface area contributed by atoms with Crippen LogP contribution in [0.15, 0.2) is 97.3 Å². The highest BCUT2D eigenvalue weighted by molar-refractivity contribution is 5.96. The van der Waals surface area contributed by atoms with E-state index >= 15 is 0 Å². The van der Waals surface area contributed by atoms with E-state index in [0.29, 0.717) is 35.9 Å². The fourth-order valence-electron chi connectivity index (χ4n) is 5.97. The number of carbonyl (C=O) groups excluding carboxylic acids is 2. The number of aromatic amines is 1. The van der Waals surface area contributed by atoms with Gasteiger partial charge in [-0.3, -0.25) is 9.59 Å². The first-order valence-corrected chi connectivity index (χ1v) is 13.7. The molecule has 9 nitrogen and oxygen atoms in total. The van der Waals surface area contributed by atoms with Crippen molar-refractivity contribution in [3.05, 3.63) is 109 Å². The Labute approximate surface area is 234 Å². The number of aromatic nitrogens is 5. The smallest absolute Gasteiger partial charge is 0.270 e. The summed E-state index contributed by atoms with van der Waals surface area (Å²) in [4.78, 5) is 45.4. The molecule has 2 aromatic carbocycles. The largest absolute Gasteiger partial charge is 0.347 e. The van der Waals surface area contributed by atoms with Crippen LogP contribution in [0.1, 0.15) is 20.8 Å². The Bertz CT molecular complexity index is 1900. The van der Waals surface area contributed by atoms with E-state index < -0.39 is 0 Å². The molecule has 1 aliphatic heterocycles. The van der Waals surface area contributed by atoms with Crippen molar-refractivity contribution < 1.29 is 9.59 Å². The van der Waals surface area contributed by atoms with Gasteiger partial charge in [-0.1, -0.05) is 36.4 Å². The molecule has 1 aliphatic carbocycles. The molecule has 1 saturated carbocycles. The van der Waals surface area contributed by atoms with Gasteiger partial charge in [-0.25, -0.2) is 15.0 Å². The maximum Gasteiger partial charge on any atom is 0.270 e. The summed E-state index contributed by atoms with van der Waals surface area (Å²) >= 11 is 0. The lowest BCUT2D eigenvalue weighted by Gasteiger charge is -2.20. The monoisotopic (exact) mass is 539 g/mol. The number of likely N-dealkylation sites (tertiary alicyclic amines) is 1. The Kier molecular flexibility index (Phi) is 5.24. The van der Waals surface area contributed by atoms with E-state index in [1.807, 2.05) is 101 Å². The molecule has 5 heterocycles. The Morgan fingerprint density at radius 2 is 1.66 bits per heavy atom. The summed E-state index contributed by atoms with van der Waals surface area (Å²) in [5.74, 6) is 0.934. The number of imidazole rings is 2. The van der Waals surface area contributed by atoms with Gasteiger partial charge in [-0.15, -0.1) is 0 Å². The van der Waals surface area contributed by atoms with Gasteiger partial charge in [0.2, 0.25) is 0 Å². The van der Waals surface area contributed by atoms with Crippen LogP contribution in [-0.2, 0) is 0 Å². The Hall–Kier alpha value is -5.31. The van der Waals surface area contributed by atoms with Crippen LogP contribution in [0, 0.1) is 11.8 Å². The van der Waals surface area contributed by atoms with Crippen molar-refractivity contribution in [2.75, 3.05) is 13.1 Å². The third kappa shape index (κ3) is 4.13. The topological polar surface area (TPSA) is 108 Å². The molecule has 9 heteroatoms. The minimum Gasteiger partial charge on any atom is -0.347 e. The minimum absolute atomic E-state index is 0.00749. The number of rotatable bonds is 5. The predicted molar refractivity (Wildman–Crippen MR) is 154 cm³/mol. The van der Waals surface area contributed by atoms with Gasteiger partial charge in [0.15, 0.2) is 5.82 Å². The SMILES string of the molecule is O=C(NC1C2CN(C(=O)c3cccc(-c4cn5ccccc5n4)c3)CC21)c1cccc(-c2nc3ccccc3[nH]2)n1. The average molecular weight is 540 g/mol. The molecule has 0 spiro atoms. The number of nitrogens with one attached hydrogen (secondary N) is 2. The number of hydrogen-bond acceptors (Lipinski definition) is 5. The highest BCUT2D eigenvalue weighted by Crippen LogP contribution is 2.46. The number of para-hydroxylation sites is 2. The van der Waals surface area contributed by atoms with E-state index in [9.17, 15) is 9.59 Å². The summed E-state index contributed by atoms with van der Waals surface area (Å²) in [5.41, 5.74) is 5.99. The zero-order valence-corrected chi connectivity index (χ0v) is 21.9. The molecule has 4 aromatic heterocycles. The van der Waals surface area contributed by atoms with E-state index in [2.05, 4.69) is 25.3 Å². The third-order valence-corrected chi connectivity index (χ3v) is 8.16. The number of H-pyrrole nitrogens is 1. The summed E-state index contributed by atoms with van der Waals surface area (Å²) in [7, 11) is 0. The van der Waals surface area contributed by atoms with E-state index in [-0.39, 0.29) is 29.7 Å². The predicted octanol–water partition coefficient (Wildman–Crippen LogP) is 4.44. The average Bonchev–Trinajstić information content (AvgIpc) is 3.48. The first kappa shape index (κ1) is 23.6. The molecule has 200 valence electrons. The van der Waals surface area contributed by atoms with Crippen LogP contribution in [0.5, 0.6) is 0 Å². The van der Waals surface area contributed by atoms with Gasteiger partial charge >= 0.3 is 0 Å². The van der Waals surface area contributed by atoms with Crippen molar-refractivity contribution in [1.29, 1.82) is 0 Å². The highest BCUT2D eigenvalue weighted by atomic mass is 16.2. The maximum absolute atomic E-state index is 13.4. The lowest BCUT2D eigenvalue weighted by molar-refractivity contribution is 0.0769. The summed E-state index contributed by atoms with van der Waals surface area (Å²) in [6, 6.07) is 26.7. The molecule has 6 aromatic rings. The summed E-state index contributed by atoms with van der Waals surface area (Å²) in [6.07, 6.45) is 3.93. The minimum atomic E-state index is -0.208. The quantitative estimate of drug-likeness (QED) is 0.337. The van der Waals surface area contributed by atoms with Gasteiger partial charge in [0.25, 0.3) is 11.8 Å². The number of piperidine rings is 1. The molecule has 41 heavy (non-hydrogen) atoms. The number of fused-ring (bicyclic) bond motifs is 3. The second-order valence-electron chi connectivity index (χ2n) is 10.7. The van der Waals surface area contributed by atoms with Crippen molar-refractivity contribution in [2.45, 2.75) is 6.04 Å². The molecule has 8 rings (SSSR count). The van der Waals surface area contributed by atoms with Crippen LogP contribution in [0.3, 0.4) is 0 Å². The number of carbonyl (C=O) groups is 2. The van der Waals surface area contributed by atoms with Crippen LogP contribution in [0.4, 0.5) is 0 Å². The fourth-order valence-corrected chi connectivity index (χ4v) is 5.97. The van der Waals surface area contributed by atoms with E-state index in [1.54, 1.807) is 6.07 Å². The van der Waals surface area contributed by atoms with Crippen LogP contribution in [0.25, 0.3) is 39.5 Å². The number of nitrogens with zero attached hydrogens (tertiary/aromatic N) is 5. The molecule has 1 saturated heterocycles. The number of amides is 2. The molecule has 2 fully saturated rings. The molecule has 0 bridgehead atoms. The first-order valence-electron chi connectivity index (χ1n) is 13.7. The van der Waals surface area contributed by atoms with Crippen LogP contribution >= 0.6 is 0 Å². The molecule has 2 aliphatic rings. The molecular weight excluding hydrogens is 514 g/mol. The summed E-state index contributed by atoms with van der Waals surface area (Å²) < 4.78 is 1.97. The zero-order chi connectivity index (χ0) is 27.5. The van der Waals surface area contributed by atoms with Gasteiger partial charge in [0, 0.05) is 54.5 Å². The van der Waals surface area contributed by atoms with Gasteiger partial charge < -0.3 is 19.6 Å². The molecule has 2 amide bonds. The summed E-state index contributed by atoms with van der Waals surface area (Å²) in [5, 5.41) is 3.14. The zero-order valence-electron chi connectivity index (χ0n) is 21.9. The first-order chi connectivity index (χ1) is 20.1. The Morgan fingerprint density at radius 1 is 0.829 bits per heavy atom.